The van der Waals surface area contributed by atoms with E-state index in [0.717, 1.165) is 18.2 Å². The molecule has 136 valence electrons. The predicted molar refractivity (Wildman–Crippen MR) is 77.2 cm³/mol. The molecule has 2 aromatic carbocycles. The molecule has 0 unspecified atom stereocenters. The molecular weight excluding hydrogens is 352 g/mol. The predicted octanol–water partition coefficient (Wildman–Crippen LogP) is 4.66. The van der Waals surface area contributed by atoms with Gasteiger partial charge in [-0.2, -0.15) is 13.2 Å². The first-order chi connectivity index (χ1) is 11.5. The summed E-state index contributed by atoms with van der Waals surface area (Å²) in [6.45, 7) is 0. The highest BCUT2D eigenvalue weighted by Crippen LogP contribution is 2.38. The molecule has 3 nitrogen and oxygen atoms in total. The van der Waals surface area contributed by atoms with Crippen molar-refractivity contribution in [2.24, 2.45) is 5.73 Å². The van der Waals surface area contributed by atoms with Crippen molar-refractivity contribution in [3.63, 3.8) is 0 Å². The summed E-state index contributed by atoms with van der Waals surface area (Å²) in [6, 6.07) is 6.45. The van der Waals surface area contributed by atoms with E-state index in [9.17, 15) is 26.3 Å². The van der Waals surface area contributed by atoms with Crippen molar-refractivity contribution in [2.75, 3.05) is 7.11 Å². The van der Waals surface area contributed by atoms with Gasteiger partial charge in [0.1, 0.15) is 11.5 Å². The molecule has 0 aliphatic heterocycles. The van der Waals surface area contributed by atoms with Gasteiger partial charge in [-0.05, 0) is 35.4 Å². The maximum Gasteiger partial charge on any atom is 0.573 e. The van der Waals surface area contributed by atoms with Crippen molar-refractivity contribution < 1.29 is 35.8 Å². The summed E-state index contributed by atoms with van der Waals surface area (Å²) in [4.78, 5) is 0. The van der Waals surface area contributed by atoms with Crippen LogP contribution in [0.2, 0.25) is 0 Å². The van der Waals surface area contributed by atoms with E-state index in [4.69, 9.17) is 10.5 Å². The maximum atomic E-state index is 13.2. The van der Waals surface area contributed by atoms with Gasteiger partial charge >= 0.3 is 12.5 Å². The Labute approximate surface area is 139 Å². The number of hydrogen-bond donors (Lipinski definition) is 1. The van der Waals surface area contributed by atoms with Gasteiger partial charge in [0.05, 0.1) is 18.7 Å². The van der Waals surface area contributed by atoms with Gasteiger partial charge in [-0.25, -0.2) is 0 Å². The molecule has 0 aliphatic rings. The van der Waals surface area contributed by atoms with Gasteiger partial charge in [0, 0.05) is 0 Å². The molecule has 0 spiro atoms. The topological polar surface area (TPSA) is 44.5 Å². The van der Waals surface area contributed by atoms with Crippen LogP contribution in [0.1, 0.15) is 22.7 Å². The minimum Gasteiger partial charge on any atom is -0.497 e. The number of hydrogen-bond acceptors (Lipinski definition) is 3. The summed E-state index contributed by atoms with van der Waals surface area (Å²) in [7, 11) is 1.23. The van der Waals surface area contributed by atoms with Crippen LogP contribution < -0.4 is 15.2 Å². The lowest BCUT2D eigenvalue weighted by molar-refractivity contribution is -0.274. The zero-order chi connectivity index (χ0) is 18.8. The van der Waals surface area contributed by atoms with Crippen LogP contribution in [0.25, 0.3) is 0 Å². The van der Waals surface area contributed by atoms with Crippen LogP contribution in [0.15, 0.2) is 42.5 Å². The quantitative estimate of drug-likeness (QED) is 0.802. The van der Waals surface area contributed by atoms with Gasteiger partial charge in [-0.15, -0.1) is 13.2 Å². The molecule has 0 saturated heterocycles. The Hall–Kier alpha value is -2.42. The van der Waals surface area contributed by atoms with Crippen molar-refractivity contribution in [3.05, 3.63) is 59.2 Å². The summed E-state index contributed by atoms with van der Waals surface area (Å²) < 4.78 is 84.6. The molecule has 0 radical (unpaired) electrons. The third-order valence-corrected chi connectivity index (χ3v) is 3.37. The molecule has 0 aromatic heterocycles. The number of benzene rings is 2. The van der Waals surface area contributed by atoms with Gasteiger partial charge in [-0.3, -0.25) is 0 Å². The Bertz CT molecular complexity index is 725. The van der Waals surface area contributed by atoms with E-state index in [2.05, 4.69) is 4.74 Å². The number of alkyl halides is 6. The number of methoxy groups -OCH3 is 1. The van der Waals surface area contributed by atoms with Crippen LogP contribution in [-0.2, 0) is 6.18 Å². The standard InChI is InChI=1S/C16H13F6NO2/c1-24-11-6-7-12(13(8-11)15(17,18)19)14(23)9-2-4-10(5-3-9)25-16(20,21)22/h2-8,14H,23H2,1H3/t14-/m0/s1. The molecule has 0 amide bonds. The Morgan fingerprint density at radius 3 is 1.92 bits per heavy atom. The summed E-state index contributed by atoms with van der Waals surface area (Å²) in [6.07, 6.45) is -9.52. The Morgan fingerprint density at radius 2 is 1.44 bits per heavy atom. The number of nitrogens with two attached hydrogens (primary N) is 1. The van der Waals surface area contributed by atoms with Crippen LogP contribution in [0.5, 0.6) is 11.5 Å². The molecule has 0 aliphatic carbocycles. The molecule has 9 heteroatoms. The first-order valence-electron chi connectivity index (χ1n) is 6.87. The average molecular weight is 365 g/mol. The Kier molecular flexibility index (Phi) is 5.17. The number of rotatable bonds is 4. The minimum atomic E-state index is -4.86. The lowest BCUT2D eigenvalue weighted by Gasteiger charge is -2.20. The van der Waals surface area contributed by atoms with Crippen LogP contribution in [-0.4, -0.2) is 13.5 Å². The molecule has 0 bridgehead atoms. The highest BCUT2D eigenvalue weighted by atomic mass is 19.4. The molecule has 2 rings (SSSR count). The zero-order valence-corrected chi connectivity index (χ0v) is 12.8. The lowest BCUT2D eigenvalue weighted by Crippen LogP contribution is -2.19. The fourth-order valence-corrected chi connectivity index (χ4v) is 2.24. The maximum absolute atomic E-state index is 13.2. The fraction of sp³-hybridized carbons (Fsp3) is 0.250. The second-order valence-electron chi connectivity index (χ2n) is 5.05. The smallest absolute Gasteiger partial charge is 0.497 e. The summed E-state index contributed by atoms with van der Waals surface area (Å²) >= 11 is 0. The van der Waals surface area contributed by atoms with Crippen LogP contribution in [0.4, 0.5) is 26.3 Å². The van der Waals surface area contributed by atoms with E-state index < -0.39 is 29.9 Å². The highest BCUT2D eigenvalue weighted by molar-refractivity contribution is 5.44. The Balaban J connectivity index is 2.36. The van der Waals surface area contributed by atoms with E-state index in [0.29, 0.717) is 0 Å². The lowest BCUT2D eigenvalue weighted by atomic mass is 9.94. The third-order valence-electron chi connectivity index (χ3n) is 3.37. The van der Waals surface area contributed by atoms with Crippen molar-refractivity contribution in [3.8, 4) is 11.5 Å². The molecule has 2 aromatic rings. The molecule has 2 N–H and O–H groups in total. The van der Waals surface area contributed by atoms with Gasteiger partial charge in [0.2, 0.25) is 0 Å². The first-order valence-corrected chi connectivity index (χ1v) is 6.87. The van der Waals surface area contributed by atoms with Gasteiger partial charge < -0.3 is 15.2 Å². The van der Waals surface area contributed by atoms with Gasteiger partial charge in [0.15, 0.2) is 0 Å². The second-order valence-corrected chi connectivity index (χ2v) is 5.05. The van der Waals surface area contributed by atoms with Crippen LogP contribution in [0.3, 0.4) is 0 Å². The molecule has 0 saturated carbocycles. The van der Waals surface area contributed by atoms with Crippen molar-refractivity contribution in [1.29, 1.82) is 0 Å². The van der Waals surface area contributed by atoms with Crippen molar-refractivity contribution in [2.45, 2.75) is 18.6 Å². The number of ether oxygens (including phenoxy) is 2. The minimum absolute atomic E-state index is 0.0113. The van der Waals surface area contributed by atoms with E-state index in [1.807, 2.05) is 0 Å². The van der Waals surface area contributed by atoms with E-state index in [-0.39, 0.29) is 16.9 Å². The third kappa shape index (κ3) is 4.79. The SMILES string of the molecule is COc1ccc([C@@H](N)c2ccc(OC(F)(F)F)cc2)c(C(F)(F)F)c1. The monoisotopic (exact) mass is 365 g/mol. The van der Waals surface area contributed by atoms with E-state index >= 15 is 0 Å². The second kappa shape index (κ2) is 6.83. The summed E-state index contributed by atoms with van der Waals surface area (Å²) in [5, 5.41) is 0. The zero-order valence-electron chi connectivity index (χ0n) is 12.8. The van der Waals surface area contributed by atoms with Crippen LogP contribution >= 0.6 is 0 Å². The normalized spacial score (nSPS) is 13.4. The van der Waals surface area contributed by atoms with Crippen molar-refractivity contribution in [1.82, 2.24) is 0 Å². The molecular formula is C16H13F6NO2. The first kappa shape index (κ1) is 18.9. The average Bonchev–Trinajstić information content (AvgIpc) is 2.52. The summed E-state index contributed by atoms with van der Waals surface area (Å²) in [5.74, 6) is -0.480. The molecule has 1 atom stereocenters. The molecule has 25 heavy (non-hydrogen) atoms. The van der Waals surface area contributed by atoms with E-state index in [1.165, 1.54) is 31.4 Å². The van der Waals surface area contributed by atoms with E-state index in [1.54, 1.807) is 0 Å². The highest BCUT2D eigenvalue weighted by Gasteiger charge is 2.35. The number of halogens is 6. The molecule has 0 fully saturated rings. The largest absolute Gasteiger partial charge is 0.573 e. The fourth-order valence-electron chi connectivity index (χ4n) is 2.24. The van der Waals surface area contributed by atoms with Crippen LogP contribution in [0, 0.1) is 0 Å². The molecule has 0 heterocycles. The Morgan fingerprint density at radius 1 is 0.880 bits per heavy atom. The summed E-state index contributed by atoms with van der Waals surface area (Å²) in [5.41, 5.74) is 4.88. The van der Waals surface area contributed by atoms with Gasteiger partial charge in [0.25, 0.3) is 0 Å². The van der Waals surface area contributed by atoms with Gasteiger partial charge in [-0.1, -0.05) is 18.2 Å². The van der Waals surface area contributed by atoms with Crippen molar-refractivity contribution >= 4 is 0 Å².